The first-order valence-corrected chi connectivity index (χ1v) is 7.61. The van der Waals surface area contributed by atoms with Gasteiger partial charge in [0.1, 0.15) is 0 Å². The first kappa shape index (κ1) is 16.7. The van der Waals surface area contributed by atoms with E-state index in [1.165, 1.54) is 0 Å². The van der Waals surface area contributed by atoms with Gasteiger partial charge >= 0.3 is 0 Å². The SMILES string of the molecule is CC(C)CNC(=O)c1cccc(C(=O)NCc2ccncc2)c1. The van der Waals surface area contributed by atoms with Crippen molar-refractivity contribution in [2.45, 2.75) is 20.4 Å². The van der Waals surface area contributed by atoms with Crippen molar-refractivity contribution in [2.75, 3.05) is 6.54 Å². The maximum atomic E-state index is 12.2. The second kappa shape index (κ2) is 8.08. The molecule has 23 heavy (non-hydrogen) atoms. The summed E-state index contributed by atoms with van der Waals surface area (Å²) in [5, 5.41) is 5.68. The molecule has 1 aromatic carbocycles. The van der Waals surface area contributed by atoms with Crippen LogP contribution < -0.4 is 10.6 Å². The Hall–Kier alpha value is -2.69. The monoisotopic (exact) mass is 311 g/mol. The van der Waals surface area contributed by atoms with E-state index in [1.54, 1.807) is 36.7 Å². The predicted octanol–water partition coefficient (Wildman–Crippen LogP) is 2.40. The molecule has 0 saturated heterocycles. The van der Waals surface area contributed by atoms with E-state index < -0.39 is 0 Å². The Balaban J connectivity index is 1.98. The smallest absolute Gasteiger partial charge is 0.251 e. The van der Waals surface area contributed by atoms with Crippen LogP contribution in [0, 0.1) is 5.92 Å². The second-order valence-electron chi connectivity index (χ2n) is 5.72. The Morgan fingerprint density at radius 2 is 1.61 bits per heavy atom. The average Bonchev–Trinajstić information content (AvgIpc) is 2.58. The van der Waals surface area contributed by atoms with Crippen molar-refractivity contribution in [1.29, 1.82) is 0 Å². The van der Waals surface area contributed by atoms with Crippen LogP contribution >= 0.6 is 0 Å². The van der Waals surface area contributed by atoms with Crippen molar-refractivity contribution < 1.29 is 9.59 Å². The summed E-state index contributed by atoms with van der Waals surface area (Å²) in [6, 6.07) is 10.4. The molecule has 1 heterocycles. The van der Waals surface area contributed by atoms with Crippen LogP contribution in [0.2, 0.25) is 0 Å². The average molecular weight is 311 g/mol. The van der Waals surface area contributed by atoms with Gasteiger partial charge in [0, 0.05) is 36.6 Å². The van der Waals surface area contributed by atoms with Gasteiger partial charge in [-0.15, -0.1) is 0 Å². The minimum Gasteiger partial charge on any atom is -0.352 e. The molecule has 0 unspecified atom stereocenters. The quantitative estimate of drug-likeness (QED) is 0.860. The Morgan fingerprint density at radius 1 is 1.00 bits per heavy atom. The summed E-state index contributed by atoms with van der Waals surface area (Å²) in [5.41, 5.74) is 1.93. The van der Waals surface area contributed by atoms with Gasteiger partial charge in [-0.1, -0.05) is 19.9 Å². The van der Waals surface area contributed by atoms with Crippen molar-refractivity contribution in [3.63, 3.8) is 0 Å². The van der Waals surface area contributed by atoms with E-state index in [0.29, 0.717) is 30.1 Å². The fraction of sp³-hybridized carbons (Fsp3) is 0.278. The van der Waals surface area contributed by atoms with Crippen molar-refractivity contribution in [1.82, 2.24) is 15.6 Å². The van der Waals surface area contributed by atoms with Crippen LogP contribution in [0.5, 0.6) is 0 Å². The number of hydrogen-bond donors (Lipinski definition) is 2. The first-order chi connectivity index (χ1) is 11.1. The lowest BCUT2D eigenvalue weighted by Gasteiger charge is -2.09. The van der Waals surface area contributed by atoms with Crippen LogP contribution in [-0.2, 0) is 6.54 Å². The van der Waals surface area contributed by atoms with Gasteiger partial charge in [0.25, 0.3) is 11.8 Å². The molecule has 0 spiro atoms. The van der Waals surface area contributed by atoms with E-state index in [0.717, 1.165) is 5.56 Å². The number of benzene rings is 1. The summed E-state index contributed by atoms with van der Waals surface area (Å²) in [6.45, 7) is 5.09. The van der Waals surface area contributed by atoms with Gasteiger partial charge in [-0.05, 0) is 41.8 Å². The summed E-state index contributed by atoms with van der Waals surface area (Å²) in [6.07, 6.45) is 3.36. The van der Waals surface area contributed by atoms with Crippen LogP contribution in [0.1, 0.15) is 40.1 Å². The molecule has 0 fully saturated rings. The summed E-state index contributed by atoms with van der Waals surface area (Å²) in [4.78, 5) is 28.2. The lowest BCUT2D eigenvalue weighted by atomic mass is 10.1. The zero-order chi connectivity index (χ0) is 16.7. The van der Waals surface area contributed by atoms with Crippen LogP contribution in [0.15, 0.2) is 48.8 Å². The maximum Gasteiger partial charge on any atom is 0.251 e. The second-order valence-corrected chi connectivity index (χ2v) is 5.72. The van der Waals surface area contributed by atoms with Gasteiger partial charge in [-0.3, -0.25) is 14.6 Å². The van der Waals surface area contributed by atoms with Crippen molar-refractivity contribution in [3.05, 3.63) is 65.5 Å². The number of pyridine rings is 1. The van der Waals surface area contributed by atoms with Gasteiger partial charge in [-0.25, -0.2) is 0 Å². The Labute approximate surface area is 136 Å². The van der Waals surface area contributed by atoms with E-state index in [-0.39, 0.29) is 11.8 Å². The zero-order valence-corrected chi connectivity index (χ0v) is 13.4. The molecule has 5 nitrogen and oxygen atoms in total. The van der Waals surface area contributed by atoms with Gasteiger partial charge in [0.05, 0.1) is 0 Å². The summed E-state index contributed by atoms with van der Waals surface area (Å²) in [7, 11) is 0. The lowest BCUT2D eigenvalue weighted by molar-refractivity contribution is 0.0949. The fourth-order valence-electron chi connectivity index (χ4n) is 1.99. The van der Waals surface area contributed by atoms with E-state index in [9.17, 15) is 9.59 Å². The molecule has 0 aliphatic carbocycles. The van der Waals surface area contributed by atoms with Crippen LogP contribution in [-0.4, -0.2) is 23.3 Å². The highest BCUT2D eigenvalue weighted by Crippen LogP contribution is 2.06. The molecule has 0 bridgehead atoms. The summed E-state index contributed by atoms with van der Waals surface area (Å²) >= 11 is 0. The third kappa shape index (κ3) is 5.21. The Bertz CT molecular complexity index is 669. The van der Waals surface area contributed by atoms with Crippen LogP contribution in [0.3, 0.4) is 0 Å². The number of nitrogens with zero attached hydrogens (tertiary/aromatic N) is 1. The first-order valence-electron chi connectivity index (χ1n) is 7.61. The number of amides is 2. The highest BCUT2D eigenvalue weighted by molar-refractivity contribution is 5.99. The minimum atomic E-state index is -0.208. The van der Waals surface area contributed by atoms with E-state index in [1.807, 2.05) is 26.0 Å². The third-order valence-corrected chi connectivity index (χ3v) is 3.26. The van der Waals surface area contributed by atoms with Gasteiger partial charge in [-0.2, -0.15) is 0 Å². The summed E-state index contributed by atoms with van der Waals surface area (Å²) in [5.74, 6) is 0.00796. The van der Waals surface area contributed by atoms with Crippen molar-refractivity contribution in [3.8, 4) is 0 Å². The van der Waals surface area contributed by atoms with Gasteiger partial charge in [0.15, 0.2) is 0 Å². The number of hydrogen-bond acceptors (Lipinski definition) is 3. The van der Waals surface area contributed by atoms with Crippen LogP contribution in [0.25, 0.3) is 0 Å². The van der Waals surface area contributed by atoms with E-state index in [4.69, 9.17) is 0 Å². The maximum absolute atomic E-state index is 12.2. The number of aromatic nitrogens is 1. The number of nitrogens with one attached hydrogen (secondary N) is 2. The highest BCUT2D eigenvalue weighted by Gasteiger charge is 2.10. The Morgan fingerprint density at radius 3 is 2.22 bits per heavy atom. The molecule has 120 valence electrons. The Kier molecular flexibility index (Phi) is 5.86. The highest BCUT2D eigenvalue weighted by atomic mass is 16.2. The molecule has 1 aromatic heterocycles. The molecule has 2 amide bonds. The van der Waals surface area contributed by atoms with Gasteiger partial charge in [0.2, 0.25) is 0 Å². The van der Waals surface area contributed by atoms with E-state index in [2.05, 4.69) is 15.6 Å². The van der Waals surface area contributed by atoms with Crippen molar-refractivity contribution in [2.24, 2.45) is 5.92 Å². The normalized spacial score (nSPS) is 10.4. The molecule has 2 aromatic rings. The molecule has 0 saturated carbocycles. The molecule has 5 heteroatoms. The number of rotatable bonds is 6. The molecular formula is C18H21N3O2. The minimum absolute atomic E-state index is 0.164. The summed E-state index contributed by atoms with van der Waals surface area (Å²) < 4.78 is 0. The molecule has 0 atom stereocenters. The molecule has 0 radical (unpaired) electrons. The van der Waals surface area contributed by atoms with Gasteiger partial charge < -0.3 is 10.6 Å². The zero-order valence-electron chi connectivity index (χ0n) is 13.4. The number of carbonyl (C=O) groups is 2. The van der Waals surface area contributed by atoms with E-state index >= 15 is 0 Å². The molecule has 2 rings (SSSR count). The largest absolute Gasteiger partial charge is 0.352 e. The fourth-order valence-corrected chi connectivity index (χ4v) is 1.99. The molecule has 0 aliphatic heterocycles. The number of carbonyl (C=O) groups excluding carboxylic acids is 2. The standard InChI is InChI=1S/C18H21N3O2/c1-13(2)11-20-17(22)15-4-3-5-16(10-15)18(23)21-12-14-6-8-19-9-7-14/h3-10,13H,11-12H2,1-2H3,(H,20,22)(H,21,23). The topological polar surface area (TPSA) is 71.1 Å². The molecule has 0 aliphatic rings. The molecular weight excluding hydrogens is 290 g/mol. The van der Waals surface area contributed by atoms with Crippen molar-refractivity contribution >= 4 is 11.8 Å². The van der Waals surface area contributed by atoms with Crippen LogP contribution in [0.4, 0.5) is 0 Å². The lowest BCUT2D eigenvalue weighted by Crippen LogP contribution is -2.28. The molecule has 2 N–H and O–H groups in total. The third-order valence-electron chi connectivity index (χ3n) is 3.26. The predicted molar refractivity (Wildman–Crippen MR) is 89.0 cm³/mol.